The minimum Gasteiger partial charge on any atom is -0.449 e. The van der Waals surface area contributed by atoms with E-state index in [1.54, 1.807) is 29.2 Å². The lowest BCUT2D eigenvalue weighted by Crippen LogP contribution is -2.52. The van der Waals surface area contributed by atoms with Gasteiger partial charge >= 0.3 is 6.09 Å². The van der Waals surface area contributed by atoms with E-state index in [2.05, 4.69) is 10.3 Å². The third-order valence-corrected chi connectivity index (χ3v) is 12.1. The second kappa shape index (κ2) is 19.4. The van der Waals surface area contributed by atoms with Crippen LogP contribution in [0.2, 0.25) is 0 Å². The lowest BCUT2D eigenvalue weighted by molar-refractivity contribution is -0.139. The van der Waals surface area contributed by atoms with Gasteiger partial charge in [-0.2, -0.15) is 0 Å². The topological polar surface area (TPSA) is 154 Å². The normalized spacial score (nSPS) is 20.0. The number of Topliss-reactive ketones (excluding diaryl/α,β-unsaturated/α-hetero) is 2. The minimum absolute atomic E-state index is 0.0567. The van der Waals surface area contributed by atoms with Gasteiger partial charge in [0.15, 0.2) is 11.4 Å². The molecule has 3 fully saturated rings. The largest absolute Gasteiger partial charge is 0.449 e. The van der Waals surface area contributed by atoms with Crippen LogP contribution in [-0.2, 0) is 31.9 Å². The first kappa shape index (κ1) is 40.2. The smallest absolute Gasteiger partial charge is 0.407 e. The van der Waals surface area contributed by atoms with Crippen molar-refractivity contribution in [2.75, 3.05) is 25.5 Å². The molecule has 2 aliphatic carbocycles. The molecule has 57 heavy (non-hydrogen) atoms. The molecule has 0 spiro atoms. The number of ketones is 2. The summed E-state index contributed by atoms with van der Waals surface area (Å²) in [5.74, 6) is -1.08. The lowest BCUT2D eigenvalue weighted by atomic mass is 9.88. The molecule has 11 nitrogen and oxygen atoms in total. The number of carbonyl (C=O) groups excluding carboxylic acids is 4. The standard InChI is InChI=1S/C46H56N4O7/c47-36-22-19-32(20-23-36)25-35(43(52)44-48-38-17-9-10-18-42(38)57-44)26-41(51)40-27-37(55-29-33-13-5-2-6-14-33)28-50(40)45(53)39(24-21-31-11-3-1-4-12-31)49-46(54)56-30-34-15-7-8-16-34/h1,3-4,9-12,17-20,22-23,33-35,37,39-40H,2,5-8,13-16,21,24-30,47H2,(H,49,54)/t35-,37-,39-,40+/m1/s1. The van der Waals surface area contributed by atoms with Gasteiger partial charge in [0.1, 0.15) is 11.6 Å². The third-order valence-electron chi connectivity index (χ3n) is 12.1. The lowest BCUT2D eigenvalue weighted by Gasteiger charge is -2.29. The zero-order valence-electron chi connectivity index (χ0n) is 32.8. The van der Waals surface area contributed by atoms with Gasteiger partial charge in [0.25, 0.3) is 5.89 Å². The van der Waals surface area contributed by atoms with E-state index >= 15 is 0 Å². The van der Waals surface area contributed by atoms with E-state index in [0.717, 1.165) is 49.7 Å². The molecular formula is C46H56N4O7. The Hall–Kier alpha value is -5.03. The van der Waals surface area contributed by atoms with Crippen LogP contribution < -0.4 is 11.1 Å². The summed E-state index contributed by atoms with van der Waals surface area (Å²) in [6.07, 6.45) is 10.4. The summed E-state index contributed by atoms with van der Waals surface area (Å²) in [6.45, 7) is 1.11. The van der Waals surface area contributed by atoms with Crippen LogP contribution in [0.4, 0.5) is 10.5 Å². The van der Waals surface area contributed by atoms with Gasteiger partial charge in [-0.3, -0.25) is 14.4 Å². The Labute approximate surface area is 335 Å². The van der Waals surface area contributed by atoms with E-state index in [0.29, 0.717) is 61.1 Å². The molecule has 2 heterocycles. The Bertz CT molecular complexity index is 1920. The van der Waals surface area contributed by atoms with Crippen LogP contribution in [0.25, 0.3) is 11.1 Å². The Morgan fingerprint density at radius 1 is 0.825 bits per heavy atom. The number of likely N-dealkylation sites (tertiary alicyclic amines) is 1. The van der Waals surface area contributed by atoms with Gasteiger partial charge in [0.05, 0.1) is 18.8 Å². The van der Waals surface area contributed by atoms with E-state index in [1.807, 2.05) is 54.6 Å². The number of fused-ring (bicyclic) bond motifs is 1. The molecule has 0 unspecified atom stereocenters. The molecule has 4 aromatic rings. The number of anilines is 1. The number of hydrogen-bond acceptors (Lipinski definition) is 9. The number of alkyl carbamates (subject to hydrolysis) is 1. The number of ether oxygens (including phenoxy) is 2. The highest BCUT2D eigenvalue weighted by molar-refractivity contribution is 6.00. The maximum Gasteiger partial charge on any atom is 0.407 e. The SMILES string of the molecule is Nc1ccc(C[C@H](CC(=O)[C@@H]2C[C@@H](OCC3CCCCC3)CN2C(=O)[C@@H](CCc2ccccc2)NC(=O)OCC2CCCC2)C(=O)c2nc3ccccc3o2)cc1. The van der Waals surface area contributed by atoms with Crippen molar-refractivity contribution in [1.82, 2.24) is 15.2 Å². The number of nitrogens with zero attached hydrogens (tertiary/aromatic N) is 2. The molecule has 2 amide bonds. The quantitative estimate of drug-likeness (QED) is 0.0805. The summed E-state index contributed by atoms with van der Waals surface area (Å²) < 4.78 is 18.0. The average Bonchev–Trinajstić information content (AvgIpc) is 4.02. The molecule has 3 aliphatic rings. The molecule has 4 atom stereocenters. The molecule has 0 radical (unpaired) electrons. The number of amides is 2. The van der Waals surface area contributed by atoms with Gasteiger partial charge in [-0.25, -0.2) is 9.78 Å². The van der Waals surface area contributed by atoms with Crippen molar-refractivity contribution >= 4 is 40.4 Å². The number of nitrogens with one attached hydrogen (secondary N) is 1. The van der Waals surface area contributed by atoms with Gasteiger partial charge in [-0.05, 0) is 92.2 Å². The van der Waals surface area contributed by atoms with Gasteiger partial charge < -0.3 is 29.8 Å². The van der Waals surface area contributed by atoms with Crippen molar-refractivity contribution < 1.29 is 33.1 Å². The Morgan fingerprint density at radius 3 is 2.25 bits per heavy atom. The highest BCUT2D eigenvalue weighted by atomic mass is 16.5. The van der Waals surface area contributed by atoms with Crippen molar-refractivity contribution in [2.24, 2.45) is 17.8 Å². The number of aryl methyl sites for hydroxylation is 1. The number of aromatic nitrogens is 1. The van der Waals surface area contributed by atoms with Crippen molar-refractivity contribution in [3.05, 3.63) is 95.9 Å². The van der Waals surface area contributed by atoms with Gasteiger partial charge in [-0.15, -0.1) is 0 Å². The van der Waals surface area contributed by atoms with Gasteiger partial charge in [-0.1, -0.05) is 86.7 Å². The molecule has 3 aromatic carbocycles. The van der Waals surface area contributed by atoms with Gasteiger partial charge in [0.2, 0.25) is 11.7 Å². The fraction of sp³-hybridized carbons (Fsp3) is 0.500. The number of carbonyl (C=O) groups is 4. The van der Waals surface area contributed by atoms with Crippen LogP contribution in [-0.4, -0.2) is 71.4 Å². The van der Waals surface area contributed by atoms with Gasteiger partial charge in [0, 0.05) is 37.6 Å². The first-order valence-corrected chi connectivity index (χ1v) is 20.9. The number of benzene rings is 3. The van der Waals surface area contributed by atoms with Crippen LogP contribution >= 0.6 is 0 Å². The predicted molar refractivity (Wildman–Crippen MR) is 217 cm³/mol. The van der Waals surface area contributed by atoms with Crippen LogP contribution in [0.3, 0.4) is 0 Å². The average molecular weight is 777 g/mol. The van der Waals surface area contributed by atoms with E-state index in [-0.39, 0.29) is 48.9 Å². The van der Waals surface area contributed by atoms with Crippen molar-refractivity contribution in [3.8, 4) is 0 Å². The second-order valence-corrected chi connectivity index (χ2v) is 16.3. The summed E-state index contributed by atoms with van der Waals surface area (Å²) >= 11 is 0. The zero-order chi connectivity index (χ0) is 39.6. The predicted octanol–water partition coefficient (Wildman–Crippen LogP) is 7.90. The maximum atomic E-state index is 14.7. The van der Waals surface area contributed by atoms with E-state index < -0.39 is 24.1 Å². The minimum atomic E-state index is -0.930. The number of para-hydroxylation sites is 2. The molecule has 1 saturated heterocycles. The van der Waals surface area contributed by atoms with E-state index in [1.165, 1.54) is 19.3 Å². The number of nitrogen functional groups attached to an aromatic ring is 1. The fourth-order valence-electron chi connectivity index (χ4n) is 8.79. The molecule has 11 heteroatoms. The van der Waals surface area contributed by atoms with Crippen molar-refractivity contribution in [1.29, 1.82) is 0 Å². The monoisotopic (exact) mass is 776 g/mol. The second-order valence-electron chi connectivity index (χ2n) is 16.3. The molecule has 1 aliphatic heterocycles. The summed E-state index contributed by atoms with van der Waals surface area (Å²) in [4.78, 5) is 62.9. The zero-order valence-corrected chi connectivity index (χ0v) is 32.8. The van der Waals surface area contributed by atoms with Crippen LogP contribution in [0.1, 0.15) is 98.9 Å². The fourth-order valence-corrected chi connectivity index (χ4v) is 8.79. The van der Waals surface area contributed by atoms with Crippen LogP contribution in [0, 0.1) is 17.8 Å². The third kappa shape index (κ3) is 10.9. The Kier molecular flexibility index (Phi) is 13.7. The Morgan fingerprint density at radius 2 is 1.51 bits per heavy atom. The summed E-state index contributed by atoms with van der Waals surface area (Å²) in [5.41, 5.74) is 9.47. The first-order chi connectivity index (χ1) is 27.8. The number of rotatable bonds is 17. The van der Waals surface area contributed by atoms with E-state index in [4.69, 9.17) is 19.6 Å². The summed E-state index contributed by atoms with van der Waals surface area (Å²) in [5, 5.41) is 2.89. The highest BCUT2D eigenvalue weighted by Gasteiger charge is 2.44. The number of nitrogens with two attached hydrogens (primary N) is 1. The maximum absolute atomic E-state index is 14.7. The summed E-state index contributed by atoms with van der Waals surface area (Å²) in [6, 6.07) is 22.4. The van der Waals surface area contributed by atoms with Crippen LogP contribution in [0.5, 0.6) is 0 Å². The molecular weight excluding hydrogens is 721 g/mol. The Balaban J connectivity index is 1.13. The van der Waals surface area contributed by atoms with Crippen LogP contribution in [0.15, 0.2) is 83.3 Å². The summed E-state index contributed by atoms with van der Waals surface area (Å²) in [7, 11) is 0. The molecule has 2 saturated carbocycles. The van der Waals surface area contributed by atoms with E-state index in [9.17, 15) is 19.2 Å². The van der Waals surface area contributed by atoms with Crippen molar-refractivity contribution in [2.45, 2.75) is 108 Å². The molecule has 302 valence electrons. The number of oxazole rings is 1. The highest BCUT2D eigenvalue weighted by Crippen LogP contribution is 2.31. The van der Waals surface area contributed by atoms with Crippen molar-refractivity contribution in [3.63, 3.8) is 0 Å². The molecule has 1 aromatic heterocycles. The number of hydrogen-bond donors (Lipinski definition) is 2. The molecule has 7 rings (SSSR count). The molecule has 3 N–H and O–H groups in total. The first-order valence-electron chi connectivity index (χ1n) is 20.9. The molecule has 0 bridgehead atoms.